The van der Waals surface area contributed by atoms with Gasteiger partial charge in [0.15, 0.2) is 0 Å². The van der Waals surface area contributed by atoms with Crippen molar-refractivity contribution < 1.29 is 0 Å². The molecule has 0 N–H and O–H groups in total. The van der Waals surface area contributed by atoms with Crippen LogP contribution in [-0.2, 0) is 6.54 Å². The number of fused-ring (bicyclic) bond motifs is 1. The third-order valence-corrected chi connectivity index (χ3v) is 5.53. The Morgan fingerprint density at radius 1 is 1.37 bits per heavy atom. The molecule has 0 aromatic carbocycles. The summed E-state index contributed by atoms with van der Waals surface area (Å²) in [5.41, 5.74) is 0. The summed E-state index contributed by atoms with van der Waals surface area (Å²) in [7, 11) is 4.43. The Labute approximate surface area is 120 Å². The van der Waals surface area contributed by atoms with Crippen LogP contribution < -0.4 is 0 Å². The molecule has 1 saturated heterocycles. The van der Waals surface area contributed by atoms with E-state index < -0.39 is 0 Å². The second-order valence-electron chi connectivity index (χ2n) is 6.50. The summed E-state index contributed by atoms with van der Waals surface area (Å²) >= 11 is 1.79. The normalized spacial score (nSPS) is 31.8. The minimum Gasteiger partial charge on any atom is -0.309 e. The first-order valence-electron chi connectivity index (χ1n) is 7.48. The molecule has 0 unspecified atom stereocenters. The molecular weight excluding hydrogens is 254 g/mol. The Morgan fingerprint density at radius 3 is 3.00 bits per heavy atom. The van der Waals surface area contributed by atoms with Gasteiger partial charge in [-0.2, -0.15) is 0 Å². The van der Waals surface area contributed by atoms with Crippen LogP contribution in [0.5, 0.6) is 0 Å². The minimum absolute atomic E-state index is 0.912. The molecule has 0 amide bonds. The number of rotatable bonds is 4. The van der Waals surface area contributed by atoms with Gasteiger partial charge in [-0.15, -0.1) is 11.3 Å². The highest BCUT2D eigenvalue weighted by molar-refractivity contribution is 7.09. The van der Waals surface area contributed by atoms with Crippen LogP contribution in [0.4, 0.5) is 0 Å². The summed E-state index contributed by atoms with van der Waals surface area (Å²) < 4.78 is 0. The fourth-order valence-corrected chi connectivity index (χ4v) is 4.69. The van der Waals surface area contributed by atoms with E-state index in [9.17, 15) is 0 Å². The minimum atomic E-state index is 0.912. The number of likely N-dealkylation sites (tertiary alicyclic amines) is 1. The van der Waals surface area contributed by atoms with Crippen molar-refractivity contribution in [3.63, 3.8) is 0 Å². The predicted molar refractivity (Wildman–Crippen MR) is 80.3 cm³/mol. The zero-order valence-corrected chi connectivity index (χ0v) is 12.9. The second kappa shape index (κ2) is 5.90. The molecule has 2 heterocycles. The van der Waals surface area contributed by atoms with Crippen molar-refractivity contribution in [2.24, 2.45) is 17.8 Å². The topological polar surface area (TPSA) is 19.4 Å². The lowest BCUT2D eigenvalue weighted by atomic mass is 9.74. The SMILES string of the molecule is CN(C)C[C@@H]1CCC[C@@H]2CN(Cc3nccs3)C[C@@H]21. The zero-order valence-electron chi connectivity index (χ0n) is 12.1. The van der Waals surface area contributed by atoms with Crippen molar-refractivity contribution in [3.05, 3.63) is 16.6 Å². The standard InChI is InChI=1S/C15H25N3S/c1-17(2)8-12-4-3-5-13-9-18(10-14(12)13)11-15-16-6-7-19-15/h6-7,12-14H,3-5,8-11H2,1-2H3/t12-,13+,14+/m0/s1. The van der Waals surface area contributed by atoms with Crippen LogP contribution in [-0.4, -0.2) is 48.5 Å². The monoisotopic (exact) mass is 279 g/mol. The van der Waals surface area contributed by atoms with E-state index in [2.05, 4.69) is 34.3 Å². The molecule has 1 saturated carbocycles. The zero-order chi connectivity index (χ0) is 13.2. The van der Waals surface area contributed by atoms with Gasteiger partial charge in [0.2, 0.25) is 0 Å². The van der Waals surface area contributed by atoms with Gasteiger partial charge in [-0.3, -0.25) is 4.90 Å². The van der Waals surface area contributed by atoms with Crippen LogP contribution in [0.1, 0.15) is 24.3 Å². The van der Waals surface area contributed by atoms with E-state index in [0.29, 0.717) is 0 Å². The van der Waals surface area contributed by atoms with E-state index in [1.165, 1.54) is 43.9 Å². The quantitative estimate of drug-likeness (QED) is 0.844. The van der Waals surface area contributed by atoms with Gasteiger partial charge in [0.05, 0.1) is 6.54 Å². The van der Waals surface area contributed by atoms with E-state index in [-0.39, 0.29) is 0 Å². The number of aromatic nitrogens is 1. The van der Waals surface area contributed by atoms with E-state index in [0.717, 1.165) is 24.3 Å². The van der Waals surface area contributed by atoms with E-state index >= 15 is 0 Å². The molecule has 1 aromatic rings. The first-order chi connectivity index (χ1) is 9.22. The summed E-state index contributed by atoms with van der Waals surface area (Å²) in [5.74, 6) is 2.78. The third-order valence-electron chi connectivity index (χ3n) is 4.76. The number of nitrogens with zero attached hydrogens (tertiary/aromatic N) is 3. The molecule has 2 aliphatic rings. The third kappa shape index (κ3) is 3.18. The van der Waals surface area contributed by atoms with Crippen molar-refractivity contribution >= 4 is 11.3 Å². The van der Waals surface area contributed by atoms with Crippen LogP contribution in [0.15, 0.2) is 11.6 Å². The van der Waals surface area contributed by atoms with Gasteiger partial charge in [0, 0.05) is 31.2 Å². The first-order valence-corrected chi connectivity index (χ1v) is 8.36. The van der Waals surface area contributed by atoms with Crippen LogP contribution >= 0.6 is 11.3 Å². The first kappa shape index (κ1) is 13.5. The molecule has 1 aliphatic carbocycles. The fourth-order valence-electron chi connectivity index (χ4n) is 4.03. The van der Waals surface area contributed by atoms with Crippen molar-refractivity contribution in [1.29, 1.82) is 0 Å². The van der Waals surface area contributed by atoms with Gasteiger partial charge in [0.1, 0.15) is 5.01 Å². The van der Waals surface area contributed by atoms with Crippen LogP contribution in [0.25, 0.3) is 0 Å². The maximum atomic E-state index is 4.43. The fraction of sp³-hybridized carbons (Fsp3) is 0.800. The molecule has 3 nitrogen and oxygen atoms in total. The summed E-state index contributed by atoms with van der Waals surface area (Å²) in [4.78, 5) is 9.45. The number of hydrogen-bond donors (Lipinski definition) is 0. The molecule has 2 fully saturated rings. The van der Waals surface area contributed by atoms with Gasteiger partial charge in [-0.25, -0.2) is 4.98 Å². The van der Waals surface area contributed by atoms with Gasteiger partial charge in [-0.1, -0.05) is 6.42 Å². The van der Waals surface area contributed by atoms with E-state index in [1.807, 2.05) is 6.20 Å². The summed E-state index contributed by atoms with van der Waals surface area (Å²) in [6, 6.07) is 0. The molecule has 3 rings (SSSR count). The van der Waals surface area contributed by atoms with Gasteiger partial charge >= 0.3 is 0 Å². The Balaban J connectivity index is 1.61. The molecule has 0 radical (unpaired) electrons. The van der Waals surface area contributed by atoms with Crippen LogP contribution in [0.2, 0.25) is 0 Å². The highest BCUT2D eigenvalue weighted by Crippen LogP contribution is 2.40. The van der Waals surface area contributed by atoms with E-state index in [1.54, 1.807) is 11.3 Å². The molecule has 3 atom stereocenters. The Morgan fingerprint density at radius 2 is 2.26 bits per heavy atom. The summed E-state index contributed by atoms with van der Waals surface area (Å²) in [5, 5.41) is 3.37. The van der Waals surface area contributed by atoms with Crippen molar-refractivity contribution in [1.82, 2.24) is 14.8 Å². The average molecular weight is 279 g/mol. The summed E-state index contributed by atoms with van der Waals surface area (Å²) in [6.07, 6.45) is 6.25. The maximum absolute atomic E-state index is 4.43. The maximum Gasteiger partial charge on any atom is 0.107 e. The molecule has 0 bridgehead atoms. The van der Waals surface area contributed by atoms with Crippen molar-refractivity contribution in [2.75, 3.05) is 33.7 Å². The molecule has 19 heavy (non-hydrogen) atoms. The Kier molecular flexibility index (Phi) is 4.20. The lowest BCUT2D eigenvalue weighted by molar-refractivity contribution is 0.158. The molecule has 106 valence electrons. The van der Waals surface area contributed by atoms with Gasteiger partial charge in [0.25, 0.3) is 0 Å². The number of hydrogen-bond acceptors (Lipinski definition) is 4. The lowest BCUT2D eigenvalue weighted by Gasteiger charge is -2.34. The van der Waals surface area contributed by atoms with Gasteiger partial charge < -0.3 is 4.90 Å². The summed E-state index contributed by atoms with van der Waals surface area (Å²) in [6.45, 7) is 4.93. The van der Waals surface area contributed by atoms with Crippen molar-refractivity contribution in [2.45, 2.75) is 25.8 Å². The molecular formula is C15H25N3S. The smallest absolute Gasteiger partial charge is 0.107 e. The lowest BCUT2D eigenvalue weighted by Crippen LogP contribution is -2.34. The Bertz CT molecular complexity index is 390. The van der Waals surface area contributed by atoms with Gasteiger partial charge in [-0.05, 0) is 44.7 Å². The highest BCUT2D eigenvalue weighted by atomic mass is 32.1. The Hall–Kier alpha value is -0.450. The molecule has 4 heteroatoms. The highest BCUT2D eigenvalue weighted by Gasteiger charge is 2.40. The number of thiazole rings is 1. The largest absolute Gasteiger partial charge is 0.309 e. The van der Waals surface area contributed by atoms with Crippen LogP contribution in [0.3, 0.4) is 0 Å². The van der Waals surface area contributed by atoms with Crippen LogP contribution in [0, 0.1) is 17.8 Å². The second-order valence-corrected chi connectivity index (χ2v) is 7.48. The molecule has 0 spiro atoms. The molecule has 1 aromatic heterocycles. The average Bonchev–Trinajstić information content (AvgIpc) is 2.98. The van der Waals surface area contributed by atoms with Crippen molar-refractivity contribution in [3.8, 4) is 0 Å². The predicted octanol–water partition coefficient (Wildman–Crippen LogP) is 2.55. The molecule has 1 aliphatic heterocycles. The van der Waals surface area contributed by atoms with E-state index in [4.69, 9.17) is 0 Å².